The average Bonchev–Trinajstić information content (AvgIpc) is 2.88. The van der Waals surface area contributed by atoms with Crippen LogP contribution in [0.1, 0.15) is 57.3 Å². The van der Waals surface area contributed by atoms with Crippen LogP contribution in [0.25, 0.3) is 11.3 Å². The number of sulfonamides is 1. The SMILES string of the molecule is CCC1(C)CCCN(c2nc(-c3ccc(OC(C)C)nc3)ccc2C(=O)NS(=O)(=O)c2cccc(N)n2)C1. The second-order valence-corrected chi connectivity index (χ2v) is 11.8. The highest BCUT2D eigenvalue weighted by Crippen LogP contribution is 2.36. The number of piperidine rings is 1. The summed E-state index contributed by atoms with van der Waals surface area (Å²) in [6, 6.07) is 11.1. The number of hydrogen-bond acceptors (Lipinski definition) is 9. The van der Waals surface area contributed by atoms with Crippen LogP contribution in [0.5, 0.6) is 5.88 Å². The molecule has 0 radical (unpaired) electrons. The Labute approximate surface area is 223 Å². The van der Waals surface area contributed by atoms with Gasteiger partial charge in [-0.15, -0.1) is 0 Å². The molecule has 1 unspecified atom stereocenters. The Bertz CT molecular complexity index is 1410. The Kier molecular flexibility index (Phi) is 7.86. The Hall–Kier alpha value is -3.73. The van der Waals surface area contributed by atoms with Gasteiger partial charge in [-0.05, 0) is 68.9 Å². The Morgan fingerprint density at radius 2 is 1.97 bits per heavy atom. The quantitative estimate of drug-likeness (QED) is 0.435. The van der Waals surface area contributed by atoms with Gasteiger partial charge < -0.3 is 15.4 Å². The molecular formula is C27H34N6O4S. The first kappa shape index (κ1) is 27.3. The first-order valence-electron chi connectivity index (χ1n) is 12.7. The van der Waals surface area contributed by atoms with E-state index in [1.54, 1.807) is 24.4 Å². The minimum Gasteiger partial charge on any atom is -0.475 e. The van der Waals surface area contributed by atoms with Crippen molar-refractivity contribution in [2.45, 2.75) is 58.1 Å². The molecule has 38 heavy (non-hydrogen) atoms. The van der Waals surface area contributed by atoms with Gasteiger partial charge in [0.1, 0.15) is 11.6 Å². The molecule has 4 heterocycles. The lowest BCUT2D eigenvalue weighted by Crippen LogP contribution is -2.43. The minimum absolute atomic E-state index is 0.00153. The third-order valence-corrected chi connectivity index (χ3v) is 7.92. The van der Waals surface area contributed by atoms with Crippen LogP contribution in [0.15, 0.2) is 53.7 Å². The lowest BCUT2D eigenvalue weighted by atomic mass is 9.79. The highest BCUT2D eigenvalue weighted by atomic mass is 32.2. The van der Waals surface area contributed by atoms with Gasteiger partial charge in [0.25, 0.3) is 15.9 Å². The van der Waals surface area contributed by atoms with E-state index in [1.807, 2.05) is 19.9 Å². The molecule has 0 saturated carbocycles. The number of nitrogen functional groups attached to an aromatic ring is 1. The Morgan fingerprint density at radius 1 is 1.18 bits per heavy atom. The van der Waals surface area contributed by atoms with Crippen molar-refractivity contribution < 1.29 is 17.9 Å². The number of amides is 1. The molecule has 0 spiro atoms. The number of nitrogens with zero attached hydrogens (tertiary/aromatic N) is 4. The molecule has 1 saturated heterocycles. The third kappa shape index (κ3) is 6.21. The predicted molar refractivity (Wildman–Crippen MR) is 146 cm³/mol. The summed E-state index contributed by atoms with van der Waals surface area (Å²) in [6.07, 6.45) is 4.65. The zero-order chi connectivity index (χ0) is 27.5. The van der Waals surface area contributed by atoms with Crippen molar-refractivity contribution in [1.82, 2.24) is 19.7 Å². The van der Waals surface area contributed by atoms with Crippen LogP contribution in [0.4, 0.5) is 11.6 Å². The van der Waals surface area contributed by atoms with Crippen molar-refractivity contribution in [2.75, 3.05) is 23.7 Å². The van der Waals surface area contributed by atoms with E-state index in [1.165, 1.54) is 18.2 Å². The standard InChI is InChI=1S/C27H34N6O4S/c1-5-27(4)14-7-15-33(17-27)25-20(26(34)32-38(35,36)24-9-6-8-22(28)31-24)11-12-21(30-25)19-10-13-23(29-16-19)37-18(2)3/h6,8-13,16,18H,5,7,14-15,17H2,1-4H3,(H2,28,31)(H,32,34). The Morgan fingerprint density at radius 3 is 2.63 bits per heavy atom. The summed E-state index contributed by atoms with van der Waals surface area (Å²) >= 11 is 0. The van der Waals surface area contributed by atoms with Gasteiger partial charge in [0.15, 0.2) is 5.03 Å². The number of pyridine rings is 3. The molecule has 1 aliphatic heterocycles. The number of rotatable bonds is 8. The van der Waals surface area contributed by atoms with Gasteiger partial charge in [0, 0.05) is 30.9 Å². The number of nitrogens with two attached hydrogens (primary N) is 1. The van der Waals surface area contributed by atoms with E-state index >= 15 is 0 Å². The second-order valence-electron chi connectivity index (χ2n) is 10.1. The van der Waals surface area contributed by atoms with E-state index < -0.39 is 15.9 Å². The van der Waals surface area contributed by atoms with Crippen molar-refractivity contribution in [1.29, 1.82) is 0 Å². The van der Waals surface area contributed by atoms with Crippen molar-refractivity contribution >= 4 is 27.6 Å². The van der Waals surface area contributed by atoms with Crippen LogP contribution in [-0.2, 0) is 10.0 Å². The monoisotopic (exact) mass is 538 g/mol. The van der Waals surface area contributed by atoms with Crippen molar-refractivity contribution in [3.05, 3.63) is 54.2 Å². The number of carbonyl (C=O) groups is 1. The van der Waals surface area contributed by atoms with Crippen LogP contribution in [0.3, 0.4) is 0 Å². The molecule has 0 aromatic carbocycles. The zero-order valence-electron chi connectivity index (χ0n) is 22.1. The summed E-state index contributed by atoms with van der Waals surface area (Å²) in [6.45, 7) is 9.63. The predicted octanol–water partition coefficient (Wildman–Crippen LogP) is 4.04. The fourth-order valence-electron chi connectivity index (χ4n) is 4.47. The molecule has 202 valence electrons. The van der Waals surface area contributed by atoms with Gasteiger partial charge in [-0.3, -0.25) is 4.79 Å². The smallest absolute Gasteiger partial charge is 0.281 e. The Balaban J connectivity index is 1.71. The first-order valence-corrected chi connectivity index (χ1v) is 14.2. The highest BCUT2D eigenvalue weighted by Gasteiger charge is 2.33. The molecule has 4 rings (SSSR count). The van der Waals surface area contributed by atoms with E-state index in [4.69, 9.17) is 15.5 Å². The first-order chi connectivity index (χ1) is 18.0. The summed E-state index contributed by atoms with van der Waals surface area (Å²) in [7, 11) is -4.24. The normalized spacial score (nSPS) is 17.9. The maximum absolute atomic E-state index is 13.4. The van der Waals surface area contributed by atoms with Gasteiger partial charge in [0.2, 0.25) is 5.88 Å². The van der Waals surface area contributed by atoms with E-state index in [2.05, 4.69) is 33.4 Å². The second kappa shape index (κ2) is 10.9. The molecule has 0 aliphatic carbocycles. The van der Waals surface area contributed by atoms with Crippen LogP contribution in [0, 0.1) is 5.41 Å². The molecule has 1 aliphatic rings. The molecule has 10 nitrogen and oxygen atoms in total. The number of nitrogens with one attached hydrogen (secondary N) is 1. The lowest BCUT2D eigenvalue weighted by Gasteiger charge is -2.41. The van der Waals surface area contributed by atoms with Crippen molar-refractivity contribution in [3.63, 3.8) is 0 Å². The molecule has 1 atom stereocenters. The summed E-state index contributed by atoms with van der Waals surface area (Å²) in [5, 5.41) is -0.330. The van der Waals surface area contributed by atoms with Gasteiger partial charge in [-0.1, -0.05) is 19.9 Å². The maximum atomic E-state index is 13.4. The van der Waals surface area contributed by atoms with Gasteiger partial charge in [-0.25, -0.2) is 19.7 Å². The third-order valence-electron chi connectivity index (χ3n) is 6.69. The molecule has 1 fully saturated rings. The highest BCUT2D eigenvalue weighted by molar-refractivity contribution is 7.90. The van der Waals surface area contributed by atoms with Crippen LogP contribution in [0.2, 0.25) is 0 Å². The summed E-state index contributed by atoms with van der Waals surface area (Å²) in [4.78, 5) is 28.5. The average molecular weight is 539 g/mol. The van der Waals surface area contributed by atoms with E-state index in [0.717, 1.165) is 24.8 Å². The van der Waals surface area contributed by atoms with Crippen LogP contribution in [-0.4, -0.2) is 48.5 Å². The molecular weight excluding hydrogens is 504 g/mol. The molecule has 3 aromatic rings. The number of carbonyl (C=O) groups excluding carboxylic acids is 1. The van der Waals surface area contributed by atoms with Crippen LogP contribution < -0.4 is 20.1 Å². The lowest BCUT2D eigenvalue weighted by molar-refractivity contribution is 0.0981. The maximum Gasteiger partial charge on any atom is 0.281 e. The number of aromatic nitrogens is 3. The minimum atomic E-state index is -4.24. The zero-order valence-corrected chi connectivity index (χ0v) is 23.0. The van der Waals surface area contributed by atoms with E-state index in [-0.39, 0.29) is 27.9 Å². The van der Waals surface area contributed by atoms with Crippen LogP contribution >= 0.6 is 0 Å². The largest absolute Gasteiger partial charge is 0.475 e. The molecule has 1 amide bonds. The summed E-state index contributed by atoms with van der Waals surface area (Å²) in [5.41, 5.74) is 7.23. The van der Waals surface area contributed by atoms with Gasteiger partial charge in [-0.2, -0.15) is 8.42 Å². The van der Waals surface area contributed by atoms with E-state index in [9.17, 15) is 13.2 Å². The molecule has 0 bridgehead atoms. The van der Waals surface area contributed by atoms with Gasteiger partial charge >= 0.3 is 0 Å². The summed E-state index contributed by atoms with van der Waals surface area (Å²) in [5.74, 6) is 0.191. The van der Waals surface area contributed by atoms with E-state index in [0.29, 0.717) is 30.5 Å². The van der Waals surface area contributed by atoms with Crippen molar-refractivity contribution in [2.24, 2.45) is 5.41 Å². The summed E-state index contributed by atoms with van der Waals surface area (Å²) < 4.78 is 33.6. The molecule has 11 heteroatoms. The van der Waals surface area contributed by atoms with Gasteiger partial charge in [0.05, 0.1) is 17.4 Å². The number of anilines is 2. The molecule has 3 N–H and O–H groups in total. The number of hydrogen-bond donors (Lipinski definition) is 2. The molecule has 3 aromatic heterocycles. The fourth-order valence-corrected chi connectivity index (χ4v) is 5.41. The van der Waals surface area contributed by atoms with Crippen molar-refractivity contribution in [3.8, 4) is 17.1 Å². The number of ether oxygens (including phenoxy) is 1. The fraction of sp³-hybridized carbons (Fsp3) is 0.407. The topological polar surface area (TPSA) is 140 Å².